The highest BCUT2D eigenvalue weighted by atomic mass is 15.0. The fourth-order valence-electron chi connectivity index (χ4n) is 2.89. The first kappa shape index (κ1) is 13.0. The monoisotopic (exact) mass is 263 g/mol. The number of hydrogen-bond donors (Lipinski definition) is 0. The Morgan fingerprint density at radius 2 is 1.60 bits per heavy atom. The Morgan fingerprint density at radius 1 is 0.850 bits per heavy atom. The number of benzene rings is 2. The molecule has 0 aliphatic carbocycles. The molecule has 0 unspecified atom stereocenters. The van der Waals surface area contributed by atoms with Crippen LogP contribution in [0.5, 0.6) is 0 Å². The SMILES string of the molecule is Cc1cc2ccccc2n1CCCCc1ccccc1. The predicted molar refractivity (Wildman–Crippen MR) is 86.1 cm³/mol. The summed E-state index contributed by atoms with van der Waals surface area (Å²) in [6.07, 6.45) is 3.66. The van der Waals surface area contributed by atoms with E-state index in [2.05, 4.69) is 72.2 Å². The van der Waals surface area contributed by atoms with Gasteiger partial charge in [0, 0.05) is 17.8 Å². The zero-order valence-corrected chi connectivity index (χ0v) is 12.0. The van der Waals surface area contributed by atoms with Crippen molar-refractivity contribution in [1.29, 1.82) is 0 Å². The summed E-state index contributed by atoms with van der Waals surface area (Å²) in [5.74, 6) is 0. The molecule has 0 fully saturated rings. The van der Waals surface area contributed by atoms with Crippen LogP contribution in [0.1, 0.15) is 24.1 Å². The quantitative estimate of drug-likeness (QED) is 0.573. The third kappa shape index (κ3) is 2.77. The Labute approximate surface area is 120 Å². The average Bonchev–Trinajstić information content (AvgIpc) is 2.80. The highest BCUT2D eigenvalue weighted by Crippen LogP contribution is 2.20. The van der Waals surface area contributed by atoms with Gasteiger partial charge in [0.2, 0.25) is 0 Å². The predicted octanol–water partition coefficient (Wildman–Crippen LogP) is 4.97. The molecule has 0 spiro atoms. The van der Waals surface area contributed by atoms with Gasteiger partial charge in [-0.25, -0.2) is 0 Å². The van der Waals surface area contributed by atoms with Crippen LogP contribution in [0.4, 0.5) is 0 Å². The molecule has 0 amide bonds. The molecule has 0 radical (unpaired) electrons. The molecule has 1 heteroatoms. The molecule has 1 nitrogen and oxygen atoms in total. The van der Waals surface area contributed by atoms with Gasteiger partial charge in [0.25, 0.3) is 0 Å². The summed E-state index contributed by atoms with van der Waals surface area (Å²) < 4.78 is 2.44. The largest absolute Gasteiger partial charge is 0.345 e. The van der Waals surface area contributed by atoms with E-state index < -0.39 is 0 Å². The van der Waals surface area contributed by atoms with Gasteiger partial charge >= 0.3 is 0 Å². The first-order chi connectivity index (χ1) is 9.84. The molecule has 1 aromatic heterocycles. The van der Waals surface area contributed by atoms with Gasteiger partial charge in [-0.15, -0.1) is 0 Å². The smallest absolute Gasteiger partial charge is 0.0482 e. The summed E-state index contributed by atoms with van der Waals surface area (Å²) in [6.45, 7) is 3.32. The van der Waals surface area contributed by atoms with E-state index in [4.69, 9.17) is 0 Å². The van der Waals surface area contributed by atoms with Crippen molar-refractivity contribution < 1.29 is 0 Å². The van der Waals surface area contributed by atoms with Crippen molar-refractivity contribution in [2.45, 2.75) is 32.7 Å². The summed E-state index contributed by atoms with van der Waals surface area (Å²) in [5.41, 5.74) is 4.18. The van der Waals surface area contributed by atoms with Gasteiger partial charge in [-0.2, -0.15) is 0 Å². The van der Waals surface area contributed by atoms with Crippen molar-refractivity contribution in [2.75, 3.05) is 0 Å². The van der Waals surface area contributed by atoms with Crippen molar-refractivity contribution in [3.05, 3.63) is 71.9 Å². The summed E-state index contributed by atoms with van der Waals surface area (Å²) >= 11 is 0. The molecule has 3 rings (SSSR count). The van der Waals surface area contributed by atoms with Gasteiger partial charge < -0.3 is 4.57 Å². The lowest BCUT2D eigenvalue weighted by Gasteiger charge is -2.08. The number of aryl methyl sites for hydroxylation is 3. The van der Waals surface area contributed by atoms with E-state index >= 15 is 0 Å². The maximum Gasteiger partial charge on any atom is 0.0482 e. The number of para-hydroxylation sites is 1. The molecule has 0 saturated heterocycles. The summed E-state index contributed by atoms with van der Waals surface area (Å²) in [6, 6.07) is 21.7. The molecule has 1 heterocycles. The summed E-state index contributed by atoms with van der Waals surface area (Å²) in [4.78, 5) is 0. The standard InChI is InChI=1S/C19H21N/c1-16-15-18-12-5-6-13-19(18)20(16)14-8-7-11-17-9-3-2-4-10-17/h2-6,9-10,12-13,15H,7-8,11,14H2,1H3. The van der Waals surface area contributed by atoms with Crippen LogP contribution in [0.2, 0.25) is 0 Å². The van der Waals surface area contributed by atoms with Crippen LogP contribution in [0, 0.1) is 6.92 Å². The van der Waals surface area contributed by atoms with Gasteiger partial charge in [0.15, 0.2) is 0 Å². The molecular formula is C19H21N. The molecular weight excluding hydrogens is 242 g/mol. The maximum absolute atomic E-state index is 2.44. The third-order valence-corrected chi connectivity index (χ3v) is 3.96. The Bertz CT molecular complexity index is 679. The lowest BCUT2D eigenvalue weighted by molar-refractivity contribution is 0.614. The van der Waals surface area contributed by atoms with E-state index in [9.17, 15) is 0 Å². The molecule has 0 N–H and O–H groups in total. The lowest BCUT2D eigenvalue weighted by atomic mass is 10.1. The average molecular weight is 263 g/mol. The minimum absolute atomic E-state index is 1.12. The molecule has 20 heavy (non-hydrogen) atoms. The van der Waals surface area contributed by atoms with Gasteiger partial charge in [-0.1, -0.05) is 48.5 Å². The second-order valence-electron chi connectivity index (χ2n) is 5.44. The van der Waals surface area contributed by atoms with Crippen molar-refractivity contribution >= 4 is 10.9 Å². The molecule has 0 atom stereocenters. The zero-order valence-electron chi connectivity index (χ0n) is 12.0. The second-order valence-corrected chi connectivity index (χ2v) is 5.44. The number of fused-ring (bicyclic) bond motifs is 1. The first-order valence-corrected chi connectivity index (χ1v) is 7.43. The van der Waals surface area contributed by atoms with E-state index in [1.807, 2.05) is 0 Å². The summed E-state index contributed by atoms with van der Waals surface area (Å²) in [5, 5.41) is 1.35. The van der Waals surface area contributed by atoms with Crippen LogP contribution in [0.3, 0.4) is 0 Å². The lowest BCUT2D eigenvalue weighted by Crippen LogP contribution is -2.00. The van der Waals surface area contributed by atoms with Crippen molar-refractivity contribution in [3.8, 4) is 0 Å². The molecule has 0 aliphatic heterocycles. The van der Waals surface area contributed by atoms with E-state index in [1.54, 1.807) is 0 Å². The van der Waals surface area contributed by atoms with Crippen molar-refractivity contribution in [1.82, 2.24) is 4.57 Å². The molecule has 2 aromatic carbocycles. The van der Waals surface area contributed by atoms with Gasteiger partial charge in [0.05, 0.1) is 0 Å². The Balaban J connectivity index is 1.61. The van der Waals surface area contributed by atoms with E-state index in [0.29, 0.717) is 0 Å². The minimum atomic E-state index is 1.12. The normalized spacial score (nSPS) is 11.1. The molecule has 102 valence electrons. The fraction of sp³-hybridized carbons (Fsp3) is 0.263. The van der Waals surface area contributed by atoms with Crippen molar-refractivity contribution in [3.63, 3.8) is 0 Å². The zero-order chi connectivity index (χ0) is 13.8. The van der Waals surface area contributed by atoms with E-state index in [0.717, 1.165) is 6.54 Å². The van der Waals surface area contributed by atoms with Gasteiger partial charge in [0.1, 0.15) is 0 Å². The number of unbranched alkanes of at least 4 members (excludes halogenated alkanes) is 1. The van der Waals surface area contributed by atoms with Crippen LogP contribution < -0.4 is 0 Å². The molecule has 0 saturated carbocycles. The Hall–Kier alpha value is -2.02. The van der Waals surface area contributed by atoms with Gasteiger partial charge in [-0.3, -0.25) is 0 Å². The second kappa shape index (κ2) is 5.96. The van der Waals surface area contributed by atoms with Crippen LogP contribution in [-0.4, -0.2) is 4.57 Å². The number of aromatic nitrogens is 1. The van der Waals surface area contributed by atoms with E-state index in [-0.39, 0.29) is 0 Å². The highest BCUT2D eigenvalue weighted by Gasteiger charge is 2.04. The van der Waals surface area contributed by atoms with Crippen LogP contribution in [0.25, 0.3) is 10.9 Å². The molecule has 0 bridgehead atoms. The molecule has 3 aromatic rings. The highest BCUT2D eigenvalue weighted by molar-refractivity contribution is 5.81. The summed E-state index contributed by atoms with van der Waals surface area (Å²) in [7, 11) is 0. The number of hydrogen-bond acceptors (Lipinski definition) is 0. The van der Waals surface area contributed by atoms with E-state index in [1.165, 1.54) is 41.4 Å². The fourth-order valence-corrected chi connectivity index (χ4v) is 2.89. The topological polar surface area (TPSA) is 4.93 Å². The van der Waals surface area contributed by atoms with Crippen molar-refractivity contribution in [2.24, 2.45) is 0 Å². The Kier molecular flexibility index (Phi) is 3.87. The first-order valence-electron chi connectivity index (χ1n) is 7.43. The number of nitrogens with zero attached hydrogens (tertiary/aromatic N) is 1. The van der Waals surface area contributed by atoms with Crippen LogP contribution >= 0.6 is 0 Å². The third-order valence-electron chi connectivity index (χ3n) is 3.96. The van der Waals surface area contributed by atoms with Crippen LogP contribution in [-0.2, 0) is 13.0 Å². The minimum Gasteiger partial charge on any atom is -0.345 e. The number of rotatable bonds is 5. The maximum atomic E-state index is 2.44. The molecule has 0 aliphatic rings. The van der Waals surface area contributed by atoms with Gasteiger partial charge in [-0.05, 0) is 49.3 Å². The Morgan fingerprint density at radius 3 is 2.45 bits per heavy atom. The van der Waals surface area contributed by atoms with Crippen LogP contribution in [0.15, 0.2) is 60.7 Å².